The molecular formula is C13H18INO2S. The molecule has 0 N–H and O–H groups in total. The molecule has 1 atom stereocenters. The van der Waals surface area contributed by atoms with Gasteiger partial charge >= 0.3 is 5.54 Å². The summed E-state index contributed by atoms with van der Waals surface area (Å²) < 4.78 is 1.52. The minimum Gasteiger partial charge on any atom is -0.300 e. The Morgan fingerprint density at radius 3 is 2.28 bits per heavy atom. The van der Waals surface area contributed by atoms with Crippen LogP contribution in [0, 0.1) is 6.57 Å². The molecule has 0 amide bonds. The molecular weight excluding hydrogens is 361 g/mol. The first-order valence-corrected chi connectivity index (χ1v) is 7.60. The van der Waals surface area contributed by atoms with Crippen LogP contribution in [0.3, 0.4) is 0 Å². The van der Waals surface area contributed by atoms with E-state index in [-0.39, 0.29) is 22.1 Å². The van der Waals surface area contributed by atoms with E-state index in [2.05, 4.69) is 4.85 Å². The highest BCUT2D eigenvalue weighted by molar-refractivity contribution is 14.1. The first-order valence-electron chi connectivity index (χ1n) is 5.53. The maximum absolute atomic E-state index is 12.3. The number of halogens is 1. The third-order valence-corrected chi connectivity index (χ3v) is 3.77. The number of nitrogens with zero attached hydrogens (tertiary/aromatic N) is 1. The standard InChI is InChI=1S/C13H18INO2S/c1-10(16)9-13(15-5,7-6-8-14)11(17)18-12(2,3)4/h6,8H,7,9H2,1-4H3/b8-6+/t13-/m1/s1. The Bertz CT molecular complexity index is 393. The van der Waals surface area contributed by atoms with Gasteiger partial charge < -0.3 is 4.85 Å². The fraction of sp³-hybridized carbons (Fsp3) is 0.615. The van der Waals surface area contributed by atoms with E-state index in [1.807, 2.05) is 43.4 Å². The predicted molar refractivity (Wildman–Crippen MR) is 84.8 cm³/mol. The zero-order valence-electron chi connectivity index (χ0n) is 11.1. The maximum Gasteiger partial charge on any atom is 0.309 e. The molecule has 0 rings (SSSR count). The van der Waals surface area contributed by atoms with Crippen LogP contribution in [0.5, 0.6) is 0 Å². The highest BCUT2D eigenvalue weighted by atomic mass is 127. The quantitative estimate of drug-likeness (QED) is 0.535. The summed E-state index contributed by atoms with van der Waals surface area (Å²) in [5.41, 5.74) is -1.24. The number of carbonyl (C=O) groups is 2. The van der Waals surface area contributed by atoms with Crippen LogP contribution in [0.15, 0.2) is 10.2 Å². The molecule has 3 nitrogen and oxygen atoms in total. The van der Waals surface area contributed by atoms with Gasteiger partial charge in [-0.3, -0.25) is 9.59 Å². The van der Waals surface area contributed by atoms with E-state index in [1.165, 1.54) is 6.92 Å². The Hall–Kier alpha value is -0.350. The van der Waals surface area contributed by atoms with Gasteiger partial charge in [0.2, 0.25) is 0 Å². The number of hydrogen-bond donors (Lipinski definition) is 0. The average molecular weight is 379 g/mol. The molecule has 0 spiro atoms. The lowest BCUT2D eigenvalue weighted by atomic mass is 9.92. The smallest absolute Gasteiger partial charge is 0.300 e. The van der Waals surface area contributed by atoms with Crippen molar-refractivity contribution in [1.29, 1.82) is 0 Å². The van der Waals surface area contributed by atoms with Crippen molar-refractivity contribution in [2.24, 2.45) is 0 Å². The van der Waals surface area contributed by atoms with Crippen LogP contribution in [0.4, 0.5) is 0 Å². The fourth-order valence-corrected chi connectivity index (χ4v) is 2.58. The van der Waals surface area contributed by atoms with Gasteiger partial charge in [-0.2, -0.15) is 0 Å². The SMILES string of the molecule is [C-]#[N+][C@](C/C=C/I)(CC(C)=O)C(=O)SC(C)(C)C. The molecule has 0 aliphatic rings. The third-order valence-electron chi connectivity index (χ3n) is 2.08. The van der Waals surface area contributed by atoms with E-state index in [0.717, 1.165) is 11.8 Å². The molecule has 0 unspecified atom stereocenters. The molecule has 0 aromatic rings. The molecule has 0 fully saturated rings. The molecule has 0 saturated carbocycles. The lowest BCUT2D eigenvalue weighted by molar-refractivity contribution is -0.122. The molecule has 18 heavy (non-hydrogen) atoms. The van der Waals surface area contributed by atoms with E-state index in [9.17, 15) is 9.59 Å². The topological polar surface area (TPSA) is 38.5 Å². The summed E-state index contributed by atoms with van der Waals surface area (Å²) in [7, 11) is 0. The number of hydrogen-bond acceptors (Lipinski definition) is 3. The summed E-state index contributed by atoms with van der Waals surface area (Å²) in [6, 6.07) is 0. The first-order chi connectivity index (χ1) is 8.17. The lowest BCUT2D eigenvalue weighted by Gasteiger charge is -2.22. The predicted octanol–water partition coefficient (Wildman–Crippen LogP) is 4.02. The normalized spacial score (nSPS) is 15.1. The van der Waals surface area contributed by atoms with Crippen molar-refractivity contribution in [2.75, 3.05) is 0 Å². The molecule has 0 aliphatic heterocycles. The zero-order valence-corrected chi connectivity index (χ0v) is 14.1. The van der Waals surface area contributed by atoms with Crippen LogP contribution in [0.1, 0.15) is 40.5 Å². The molecule has 0 heterocycles. The number of ketones is 1. The van der Waals surface area contributed by atoms with Gasteiger partial charge in [0.1, 0.15) is 5.78 Å². The molecule has 0 aromatic heterocycles. The molecule has 0 aliphatic carbocycles. The second-order valence-corrected chi connectivity index (χ2v) is 7.61. The number of rotatable bonds is 5. The van der Waals surface area contributed by atoms with Gasteiger partial charge in [0.05, 0.1) is 12.8 Å². The Kier molecular flexibility index (Phi) is 7.15. The van der Waals surface area contributed by atoms with Crippen molar-refractivity contribution in [2.45, 2.75) is 50.8 Å². The van der Waals surface area contributed by atoms with Crippen molar-refractivity contribution in [3.63, 3.8) is 0 Å². The van der Waals surface area contributed by atoms with Gasteiger partial charge in [0, 0.05) is 4.75 Å². The summed E-state index contributed by atoms with van der Waals surface area (Å²) in [5, 5.41) is -0.213. The molecule has 0 saturated heterocycles. The van der Waals surface area contributed by atoms with Gasteiger partial charge in [-0.25, -0.2) is 6.57 Å². The highest BCUT2D eigenvalue weighted by Crippen LogP contribution is 2.35. The number of thioether (sulfide) groups is 1. The van der Waals surface area contributed by atoms with Gasteiger partial charge in [-0.15, -0.1) is 0 Å². The molecule has 0 bridgehead atoms. The monoisotopic (exact) mass is 379 g/mol. The summed E-state index contributed by atoms with van der Waals surface area (Å²) in [4.78, 5) is 27.1. The Labute approximate surface area is 127 Å². The number of Topliss-reactive ketones (excluding diaryl/α,β-unsaturated/α-hetero) is 1. The third kappa shape index (κ3) is 6.01. The first kappa shape index (κ1) is 17.6. The molecule has 0 aromatic carbocycles. The minimum absolute atomic E-state index is 0.0145. The summed E-state index contributed by atoms with van der Waals surface area (Å²) in [5.74, 6) is -0.129. The Morgan fingerprint density at radius 2 is 1.94 bits per heavy atom. The van der Waals surface area contributed by atoms with Crippen LogP contribution in [-0.4, -0.2) is 21.2 Å². The van der Waals surface area contributed by atoms with Crippen molar-refractivity contribution in [3.8, 4) is 0 Å². The molecule has 100 valence electrons. The Morgan fingerprint density at radius 1 is 1.39 bits per heavy atom. The highest BCUT2D eigenvalue weighted by Gasteiger charge is 2.47. The van der Waals surface area contributed by atoms with Crippen LogP contribution < -0.4 is 0 Å². The van der Waals surface area contributed by atoms with Gasteiger partial charge in [0.25, 0.3) is 5.12 Å². The van der Waals surface area contributed by atoms with E-state index in [1.54, 1.807) is 10.2 Å². The number of carbonyl (C=O) groups excluding carboxylic acids is 2. The summed E-state index contributed by atoms with van der Waals surface area (Å²) in [6.45, 7) is 14.5. The Balaban J connectivity index is 5.24. The largest absolute Gasteiger partial charge is 0.309 e. The zero-order chi connectivity index (χ0) is 14.4. The average Bonchev–Trinajstić information content (AvgIpc) is 2.21. The van der Waals surface area contributed by atoms with Crippen LogP contribution in [0.25, 0.3) is 4.85 Å². The van der Waals surface area contributed by atoms with E-state index in [0.29, 0.717) is 6.42 Å². The van der Waals surface area contributed by atoms with Gasteiger partial charge in [-0.1, -0.05) is 61.2 Å². The second-order valence-electron chi connectivity index (χ2n) is 5.09. The fourth-order valence-electron chi connectivity index (χ4n) is 1.38. The van der Waals surface area contributed by atoms with E-state index >= 15 is 0 Å². The van der Waals surface area contributed by atoms with Crippen LogP contribution >= 0.6 is 34.4 Å². The van der Waals surface area contributed by atoms with E-state index in [4.69, 9.17) is 6.57 Å². The molecule has 5 heteroatoms. The van der Waals surface area contributed by atoms with E-state index < -0.39 is 5.54 Å². The lowest BCUT2D eigenvalue weighted by Crippen LogP contribution is -2.37. The van der Waals surface area contributed by atoms with Crippen molar-refractivity contribution >= 4 is 45.3 Å². The second kappa shape index (κ2) is 7.29. The minimum atomic E-state index is -1.24. The van der Waals surface area contributed by atoms with Crippen molar-refractivity contribution in [3.05, 3.63) is 21.6 Å². The summed E-state index contributed by atoms with van der Waals surface area (Å²) >= 11 is 3.18. The van der Waals surface area contributed by atoms with Crippen molar-refractivity contribution < 1.29 is 9.59 Å². The van der Waals surface area contributed by atoms with Gasteiger partial charge in [0.15, 0.2) is 0 Å². The van der Waals surface area contributed by atoms with Crippen molar-refractivity contribution in [1.82, 2.24) is 0 Å². The summed E-state index contributed by atoms with van der Waals surface area (Å²) in [6.07, 6.45) is 2.04. The van der Waals surface area contributed by atoms with Gasteiger partial charge in [-0.05, 0) is 11.0 Å². The van der Waals surface area contributed by atoms with Crippen LogP contribution in [0.2, 0.25) is 0 Å². The van der Waals surface area contributed by atoms with Crippen LogP contribution in [-0.2, 0) is 9.59 Å². The molecule has 0 radical (unpaired) electrons. The maximum atomic E-state index is 12.3.